The Morgan fingerprint density at radius 2 is 1.55 bits per heavy atom. The third-order valence-electron chi connectivity index (χ3n) is 8.19. The molecule has 0 radical (unpaired) electrons. The Balaban J connectivity index is 1.31. The molecular formula is C28H33FN4O4S. The lowest BCUT2D eigenvalue weighted by Crippen LogP contribution is -2.53. The predicted molar refractivity (Wildman–Crippen MR) is 147 cm³/mol. The SMILES string of the molecule is O=C(c1ccc2c(c1)cc(C(=O)N1CCS(O)(O)CC1)n2-c1cccc(F)c1)N1CCN(C2CCC2)CC1. The van der Waals surface area contributed by atoms with E-state index in [1.807, 2.05) is 17.0 Å². The first-order chi connectivity index (χ1) is 18.3. The number of amides is 2. The van der Waals surface area contributed by atoms with E-state index in [1.54, 1.807) is 33.7 Å². The van der Waals surface area contributed by atoms with Gasteiger partial charge in [0, 0.05) is 61.9 Å². The van der Waals surface area contributed by atoms with Gasteiger partial charge in [-0.1, -0.05) is 12.5 Å². The summed E-state index contributed by atoms with van der Waals surface area (Å²) in [6.07, 6.45) is 3.81. The first-order valence-electron chi connectivity index (χ1n) is 13.3. The number of carbonyl (C=O) groups excluding carboxylic acids is 2. The summed E-state index contributed by atoms with van der Waals surface area (Å²) in [4.78, 5) is 33.0. The normalized spacial score (nSPS) is 21.3. The summed E-state index contributed by atoms with van der Waals surface area (Å²) >= 11 is 0. The van der Waals surface area contributed by atoms with Gasteiger partial charge in [0.2, 0.25) is 0 Å². The van der Waals surface area contributed by atoms with E-state index in [-0.39, 0.29) is 36.4 Å². The van der Waals surface area contributed by atoms with Gasteiger partial charge in [-0.25, -0.2) is 4.39 Å². The molecule has 6 rings (SSSR count). The van der Waals surface area contributed by atoms with Crippen LogP contribution in [0.2, 0.25) is 0 Å². The molecule has 0 atom stereocenters. The van der Waals surface area contributed by atoms with Crippen molar-refractivity contribution in [1.29, 1.82) is 0 Å². The van der Waals surface area contributed by atoms with Crippen LogP contribution in [0.3, 0.4) is 0 Å². The first kappa shape index (κ1) is 25.4. The minimum atomic E-state index is -2.65. The molecule has 8 nitrogen and oxygen atoms in total. The molecule has 2 saturated heterocycles. The molecular weight excluding hydrogens is 507 g/mol. The van der Waals surface area contributed by atoms with Crippen molar-refractivity contribution in [3.8, 4) is 5.69 Å². The maximum Gasteiger partial charge on any atom is 0.270 e. The fourth-order valence-corrected chi connectivity index (χ4v) is 6.95. The van der Waals surface area contributed by atoms with Gasteiger partial charge >= 0.3 is 0 Å². The molecule has 3 fully saturated rings. The van der Waals surface area contributed by atoms with Crippen molar-refractivity contribution in [2.75, 3.05) is 50.8 Å². The van der Waals surface area contributed by atoms with Crippen LogP contribution < -0.4 is 0 Å². The molecule has 0 spiro atoms. The van der Waals surface area contributed by atoms with Crippen molar-refractivity contribution in [1.82, 2.24) is 19.3 Å². The Hall–Kier alpha value is -2.92. The summed E-state index contributed by atoms with van der Waals surface area (Å²) < 4.78 is 35.9. The number of hydrogen-bond donors (Lipinski definition) is 2. The van der Waals surface area contributed by atoms with E-state index in [4.69, 9.17) is 0 Å². The van der Waals surface area contributed by atoms with Crippen LogP contribution in [0.25, 0.3) is 16.6 Å². The van der Waals surface area contributed by atoms with Gasteiger partial charge in [-0.3, -0.25) is 23.6 Å². The van der Waals surface area contributed by atoms with Gasteiger partial charge in [-0.05, 0) is 55.3 Å². The lowest BCUT2D eigenvalue weighted by molar-refractivity contribution is 0.0455. The average molecular weight is 541 g/mol. The highest BCUT2D eigenvalue weighted by Crippen LogP contribution is 2.40. The second-order valence-corrected chi connectivity index (χ2v) is 13.0. The Morgan fingerprint density at radius 1 is 0.842 bits per heavy atom. The number of piperazine rings is 1. The summed E-state index contributed by atoms with van der Waals surface area (Å²) in [5.41, 5.74) is 2.13. The van der Waals surface area contributed by atoms with Crippen molar-refractivity contribution < 1.29 is 23.1 Å². The predicted octanol–water partition coefficient (Wildman–Crippen LogP) is 4.29. The molecule has 0 bridgehead atoms. The third-order valence-corrected chi connectivity index (χ3v) is 9.86. The second kappa shape index (κ2) is 10.00. The van der Waals surface area contributed by atoms with Crippen LogP contribution in [0.15, 0.2) is 48.5 Å². The number of nitrogens with zero attached hydrogens (tertiary/aromatic N) is 4. The lowest BCUT2D eigenvalue weighted by Gasteiger charge is -2.42. The van der Waals surface area contributed by atoms with Crippen molar-refractivity contribution in [3.05, 3.63) is 65.6 Å². The molecule has 1 aliphatic carbocycles. The van der Waals surface area contributed by atoms with Crippen LogP contribution in [-0.4, -0.2) is 97.0 Å². The number of halogens is 1. The topological polar surface area (TPSA) is 89.2 Å². The average Bonchev–Trinajstić information content (AvgIpc) is 3.26. The van der Waals surface area contributed by atoms with Crippen molar-refractivity contribution >= 4 is 33.3 Å². The Labute approximate surface area is 223 Å². The van der Waals surface area contributed by atoms with Crippen molar-refractivity contribution in [2.45, 2.75) is 25.3 Å². The molecule has 38 heavy (non-hydrogen) atoms. The Kier molecular flexibility index (Phi) is 6.67. The van der Waals surface area contributed by atoms with Crippen LogP contribution in [0.4, 0.5) is 4.39 Å². The van der Waals surface area contributed by atoms with E-state index in [9.17, 15) is 23.1 Å². The molecule has 1 aromatic heterocycles. The van der Waals surface area contributed by atoms with E-state index >= 15 is 0 Å². The van der Waals surface area contributed by atoms with Crippen molar-refractivity contribution in [2.24, 2.45) is 0 Å². The summed E-state index contributed by atoms with van der Waals surface area (Å²) in [7, 11) is -2.65. The fraction of sp³-hybridized carbons (Fsp3) is 0.429. The zero-order valence-electron chi connectivity index (χ0n) is 21.3. The van der Waals surface area contributed by atoms with E-state index in [0.717, 1.165) is 18.5 Å². The van der Waals surface area contributed by atoms with Gasteiger partial charge in [-0.15, -0.1) is 0 Å². The number of benzene rings is 2. The highest BCUT2D eigenvalue weighted by Gasteiger charge is 2.31. The van der Waals surface area contributed by atoms with Gasteiger partial charge in [-0.2, -0.15) is 10.6 Å². The molecule has 1 saturated carbocycles. The molecule has 3 aliphatic rings. The Morgan fingerprint density at radius 3 is 2.21 bits per heavy atom. The molecule has 202 valence electrons. The van der Waals surface area contributed by atoms with E-state index < -0.39 is 16.4 Å². The minimum absolute atomic E-state index is 0.0206. The molecule has 2 N–H and O–H groups in total. The van der Waals surface area contributed by atoms with Crippen LogP contribution in [-0.2, 0) is 0 Å². The van der Waals surface area contributed by atoms with Crippen molar-refractivity contribution in [3.63, 3.8) is 0 Å². The molecule has 2 aromatic carbocycles. The quantitative estimate of drug-likeness (QED) is 0.516. The second-order valence-electron chi connectivity index (χ2n) is 10.5. The van der Waals surface area contributed by atoms with Gasteiger partial charge in [0.15, 0.2) is 0 Å². The molecule has 10 heteroatoms. The van der Waals surface area contributed by atoms with E-state index in [0.29, 0.717) is 41.6 Å². The van der Waals surface area contributed by atoms with Crippen LogP contribution in [0.1, 0.15) is 40.1 Å². The highest BCUT2D eigenvalue weighted by atomic mass is 32.3. The van der Waals surface area contributed by atoms with Crippen LogP contribution >= 0.6 is 10.6 Å². The monoisotopic (exact) mass is 540 g/mol. The third kappa shape index (κ3) is 4.82. The molecule has 3 heterocycles. The lowest BCUT2D eigenvalue weighted by atomic mass is 9.91. The number of hydrogen-bond acceptors (Lipinski definition) is 5. The number of aromatic nitrogens is 1. The minimum Gasteiger partial charge on any atom is -0.336 e. The highest BCUT2D eigenvalue weighted by molar-refractivity contribution is 8.24. The molecule has 2 amide bonds. The van der Waals surface area contributed by atoms with Gasteiger partial charge < -0.3 is 14.4 Å². The molecule has 3 aromatic rings. The maximum atomic E-state index is 14.2. The van der Waals surface area contributed by atoms with Gasteiger partial charge in [0.1, 0.15) is 11.5 Å². The standard InChI is InChI=1S/C28H33FN4O4S/c29-22-3-1-6-24(19-22)33-25-8-7-20(27(34)31-11-9-30(10-12-31)23-4-2-5-23)17-21(25)18-26(33)28(35)32-13-15-38(36,37)16-14-32/h1,3,6-8,17-19,23,36-37H,2,4-5,9-16H2. The number of rotatable bonds is 4. The smallest absolute Gasteiger partial charge is 0.270 e. The van der Waals surface area contributed by atoms with Crippen LogP contribution in [0.5, 0.6) is 0 Å². The van der Waals surface area contributed by atoms with Gasteiger partial charge in [0.25, 0.3) is 11.8 Å². The zero-order valence-corrected chi connectivity index (χ0v) is 22.1. The van der Waals surface area contributed by atoms with Gasteiger partial charge in [0.05, 0.1) is 17.0 Å². The fourth-order valence-electron chi connectivity index (χ4n) is 5.72. The number of fused-ring (bicyclic) bond motifs is 1. The first-order valence-corrected chi connectivity index (χ1v) is 15.2. The Bertz CT molecular complexity index is 1370. The largest absolute Gasteiger partial charge is 0.336 e. The zero-order chi connectivity index (χ0) is 26.4. The summed E-state index contributed by atoms with van der Waals surface area (Å²) in [6, 6.07) is 13.9. The van der Waals surface area contributed by atoms with E-state index in [2.05, 4.69) is 4.90 Å². The number of carbonyl (C=O) groups is 2. The summed E-state index contributed by atoms with van der Waals surface area (Å²) in [5, 5.41) is 0.720. The molecule has 0 unspecified atom stereocenters. The summed E-state index contributed by atoms with van der Waals surface area (Å²) in [5.74, 6) is -0.410. The maximum absolute atomic E-state index is 14.2. The van der Waals surface area contributed by atoms with Crippen LogP contribution in [0, 0.1) is 5.82 Å². The van der Waals surface area contributed by atoms with E-state index in [1.165, 1.54) is 31.4 Å². The molecule has 2 aliphatic heterocycles. The summed E-state index contributed by atoms with van der Waals surface area (Å²) in [6.45, 7) is 3.68.